The topological polar surface area (TPSA) is 84.7 Å². The maximum absolute atomic E-state index is 12.2. The first-order valence-electron chi connectivity index (χ1n) is 7.17. The van der Waals surface area contributed by atoms with Gasteiger partial charge in [0.2, 0.25) is 11.1 Å². The molecule has 124 valence electrons. The SMILES string of the molecule is Cl.Cn1nnnc1SCCNC(=O)[C@H]1Cc2ccccc2CN1. The molecule has 0 unspecified atom stereocenters. The van der Waals surface area contributed by atoms with Crippen LogP contribution in [0.1, 0.15) is 11.1 Å². The van der Waals surface area contributed by atoms with Crippen molar-refractivity contribution in [1.29, 1.82) is 0 Å². The third-order valence-corrected chi connectivity index (χ3v) is 4.62. The van der Waals surface area contributed by atoms with Crippen molar-refractivity contribution in [2.24, 2.45) is 7.05 Å². The lowest BCUT2D eigenvalue weighted by molar-refractivity contribution is -0.123. The molecule has 0 saturated carbocycles. The average molecular weight is 355 g/mol. The minimum atomic E-state index is -0.156. The zero-order valence-electron chi connectivity index (χ0n) is 12.7. The Hall–Kier alpha value is -1.64. The highest BCUT2D eigenvalue weighted by Gasteiger charge is 2.23. The quantitative estimate of drug-likeness (QED) is 0.602. The Morgan fingerprint density at radius 3 is 2.96 bits per heavy atom. The fourth-order valence-electron chi connectivity index (χ4n) is 2.42. The molecule has 0 spiro atoms. The fourth-order valence-corrected chi connectivity index (χ4v) is 3.13. The van der Waals surface area contributed by atoms with Crippen LogP contribution in [0.4, 0.5) is 0 Å². The summed E-state index contributed by atoms with van der Waals surface area (Å²) in [7, 11) is 1.80. The van der Waals surface area contributed by atoms with Gasteiger partial charge in [-0.15, -0.1) is 17.5 Å². The molecule has 1 aliphatic heterocycles. The van der Waals surface area contributed by atoms with Crippen LogP contribution in [-0.4, -0.2) is 44.5 Å². The van der Waals surface area contributed by atoms with Gasteiger partial charge in [-0.05, 0) is 28.0 Å². The minimum Gasteiger partial charge on any atom is -0.354 e. The van der Waals surface area contributed by atoms with Crippen molar-refractivity contribution in [3.05, 3.63) is 35.4 Å². The number of tetrazole rings is 1. The Morgan fingerprint density at radius 2 is 2.22 bits per heavy atom. The number of hydrogen-bond donors (Lipinski definition) is 2. The number of rotatable bonds is 5. The van der Waals surface area contributed by atoms with E-state index in [0.717, 1.165) is 23.9 Å². The van der Waals surface area contributed by atoms with Crippen molar-refractivity contribution >= 4 is 30.1 Å². The average Bonchev–Trinajstić information content (AvgIpc) is 2.96. The molecule has 0 aliphatic carbocycles. The van der Waals surface area contributed by atoms with Gasteiger partial charge >= 0.3 is 0 Å². The summed E-state index contributed by atoms with van der Waals surface area (Å²) in [4.78, 5) is 12.2. The van der Waals surface area contributed by atoms with Crippen LogP contribution in [0.25, 0.3) is 0 Å². The van der Waals surface area contributed by atoms with Crippen molar-refractivity contribution in [2.45, 2.75) is 24.2 Å². The monoisotopic (exact) mass is 354 g/mol. The maximum atomic E-state index is 12.2. The van der Waals surface area contributed by atoms with Gasteiger partial charge in [0.1, 0.15) is 0 Å². The summed E-state index contributed by atoms with van der Waals surface area (Å²) in [6.07, 6.45) is 0.738. The van der Waals surface area contributed by atoms with E-state index in [0.29, 0.717) is 6.54 Å². The molecular formula is C14H19ClN6OS. The molecule has 23 heavy (non-hydrogen) atoms. The van der Waals surface area contributed by atoms with Gasteiger partial charge in [0.05, 0.1) is 6.04 Å². The van der Waals surface area contributed by atoms with E-state index in [-0.39, 0.29) is 24.4 Å². The van der Waals surface area contributed by atoms with Gasteiger partial charge in [-0.3, -0.25) is 4.79 Å². The molecule has 1 aromatic carbocycles. The summed E-state index contributed by atoms with van der Waals surface area (Å²) in [5.41, 5.74) is 2.53. The second-order valence-electron chi connectivity index (χ2n) is 5.13. The number of nitrogens with zero attached hydrogens (tertiary/aromatic N) is 4. The Morgan fingerprint density at radius 1 is 1.43 bits per heavy atom. The number of amides is 1. The molecule has 2 aromatic rings. The fraction of sp³-hybridized carbons (Fsp3) is 0.429. The molecule has 0 bridgehead atoms. The van der Waals surface area contributed by atoms with Crippen LogP contribution in [-0.2, 0) is 24.8 Å². The molecule has 1 amide bonds. The smallest absolute Gasteiger partial charge is 0.237 e. The lowest BCUT2D eigenvalue weighted by Crippen LogP contribution is -2.48. The molecule has 7 nitrogen and oxygen atoms in total. The van der Waals surface area contributed by atoms with Crippen LogP contribution in [0.15, 0.2) is 29.4 Å². The number of halogens is 1. The molecule has 0 radical (unpaired) electrons. The van der Waals surface area contributed by atoms with Crippen LogP contribution < -0.4 is 10.6 Å². The molecule has 2 heterocycles. The van der Waals surface area contributed by atoms with Gasteiger partial charge in [0.25, 0.3) is 0 Å². The lowest BCUT2D eigenvalue weighted by atomic mass is 9.95. The van der Waals surface area contributed by atoms with E-state index in [1.807, 2.05) is 12.1 Å². The molecule has 0 saturated heterocycles. The first-order chi connectivity index (χ1) is 10.7. The Bertz CT molecular complexity index is 664. The minimum absolute atomic E-state index is 0. The first kappa shape index (κ1) is 17.7. The van der Waals surface area contributed by atoms with E-state index in [4.69, 9.17) is 0 Å². The van der Waals surface area contributed by atoms with Crippen molar-refractivity contribution in [3.8, 4) is 0 Å². The summed E-state index contributed by atoms with van der Waals surface area (Å²) >= 11 is 1.52. The standard InChI is InChI=1S/C14H18N6OS.ClH/c1-20-14(17-18-19-20)22-7-6-15-13(21)12-8-10-4-2-3-5-11(10)9-16-12;/h2-5,12,16H,6-9H2,1H3,(H,15,21);1H/t12-;/m1./s1. The van der Waals surface area contributed by atoms with Crippen molar-refractivity contribution in [3.63, 3.8) is 0 Å². The van der Waals surface area contributed by atoms with E-state index in [1.165, 1.54) is 22.9 Å². The summed E-state index contributed by atoms with van der Waals surface area (Å²) in [6.45, 7) is 1.34. The first-order valence-corrected chi connectivity index (χ1v) is 8.15. The third kappa shape index (κ3) is 4.43. The maximum Gasteiger partial charge on any atom is 0.237 e. The van der Waals surface area contributed by atoms with Crippen molar-refractivity contribution < 1.29 is 4.79 Å². The van der Waals surface area contributed by atoms with Crippen LogP contribution >= 0.6 is 24.2 Å². The third-order valence-electron chi connectivity index (χ3n) is 3.61. The summed E-state index contributed by atoms with van der Waals surface area (Å²) in [6, 6.07) is 8.08. The predicted molar refractivity (Wildman–Crippen MR) is 90.6 cm³/mol. The van der Waals surface area contributed by atoms with Gasteiger partial charge in [0, 0.05) is 25.9 Å². The number of aromatic nitrogens is 4. The van der Waals surface area contributed by atoms with Gasteiger partial charge in [-0.1, -0.05) is 36.0 Å². The highest BCUT2D eigenvalue weighted by atomic mass is 35.5. The molecule has 1 atom stereocenters. The largest absolute Gasteiger partial charge is 0.354 e. The van der Waals surface area contributed by atoms with Crippen LogP contribution in [0.3, 0.4) is 0 Å². The highest BCUT2D eigenvalue weighted by Crippen LogP contribution is 2.16. The second kappa shape index (κ2) is 8.28. The predicted octanol–water partition coefficient (Wildman–Crippen LogP) is 0.555. The molecule has 1 aliphatic rings. The Labute approximate surface area is 145 Å². The van der Waals surface area contributed by atoms with Gasteiger partial charge in [-0.2, -0.15) is 0 Å². The number of aryl methyl sites for hydroxylation is 1. The summed E-state index contributed by atoms with van der Waals surface area (Å²) in [5, 5.41) is 18.2. The Balaban J connectivity index is 0.00000192. The number of fused-ring (bicyclic) bond motifs is 1. The van der Waals surface area contributed by atoms with Crippen LogP contribution in [0, 0.1) is 0 Å². The molecule has 9 heteroatoms. The molecule has 3 rings (SSSR count). The summed E-state index contributed by atoms with van der Waals surface area (Å²) < 4.78 is 1.62. The number of hydrogen-bond acceptors (Lipinski definition) is 6. The van der Waals surface area contributed by atoms with E-state index in [1.54, 1.807) is 11.7 Å². The van der Waals surface area contributed by atoms with Crippen LogP contribution in [0.5, 0.6) is 0 Å². The van der Waals surface area contributed by atoms with Crippen LogP contribution in [0.2, 0.25) is 0 Å². The molecular weight excluding hydrogens is 336 g/mol. The van der Waals surface area contributed by atoms with Gasteiger partial charge in [0.15, 0.2) is 0 Å². The number of carbonyl (C=O) groups is 1. The number of benzene rings is 1. The highest BCUT2D eigenvalue weighted by molar-refractivity contribution is 7.99. The van der Waals surface area contributed by atoms with Crippen molar-refractivity contribution in [2.75, 3.05) is 12.3 Å². The molecule has 0 fully saturated rings. The van der Waals surface area contributed by atoms with E-state index >= 15 is 0 Å². The second-order valence-corrected chi connectivity index (χ2v) is 6.19. The normalized spacial score (nSPS) is 16.3. The van der Waals surface area contributed by atoms with E-state index in [9.17, 15) is 4.79 Å². The van der Waals surface area contributed by atoms with Gasteiger partial charge in [-0.25, -0.2) is 4.68 Å². The number of nitrogens with one attached hydrogen (secondary N) is 2. The van der Waals surface area contributed by atoms with Crippen molar-refractivity contribution in [1.82, 2.24) is 30.8 Å². The van der Waals surface area contributed by atoms with Gasteiger partial charge < -0.3 is 10.6 Å². The van der Waals surface area contributed by atoms with E-state index < -0.39 is 0 Å². The lowest BCUT2D eigenvalue weighted by Gasteiger charge is -2.25. The number of carbonyl (C=O) groups excluding carboxylic acids is 1. The zero-order valence-corrected chi connectivity index (χ0v) is 14.4. The Kier molecular flexibility index (Phi) is 6.37. The number of thioether (sulfide) groups is 1. The summed E-state index contributed by atoms with van der Waals surface area (Å²) in [5.74, 6) is 0.787. The van der Waals surface area contributed by atoms with E-state index in [2.05, 4.69) is 38.3 Å². The zero-order chi connectivity index (χ0) is 15.4. The molecule has 2 N–H and O–H groups in total. The molecule has 1 aromatic heterocycles.